The minimum Gasteiger partial charge on any atom is -0.259 e. The molecule has 1 nitrogen and oxygen atoms in total. The lowest BCUT2D eigenvalue weighted by Gasteiger charge is -1.91. The molecule has 0 aliphatic rings. The zero-order valence-electron chi connectivity index (χ0n) is 7.18. The van der Waals surface area contributed by atoms with E-state index in [0.717, 1.165) is 11.4 Å². The SMILES string of the molecule is C\C=C(C)/N=C(C)/C=C/C. The maximum Gasteiger partial charge on any atom is 0.0372 e. The fraction of sp³-hybridized carbons (Fsp3) is 0.444. The van der Waals surface area contributed by atoms with Gasteiger partial charge in [0.25, 0.3) is 0 Å². The molecule has 0 radical (unpaired) electrons. The van der Waals surface area contributed by atoms with E-state index >= 15 is 0 Å². The van der Waals surface area contributed by atoms with Crippen LogP contribution < -0.4 is 0 Å². The summed E-state index contributed by atoms with van der Waals surface area (Å²) in [5, 5.41) is 0. The summed E-state index contributed by atoms with van der Waals surface area (Å²) >= 11 is 0. The second-order valence-electron chi connectivity index (χ2n) is 2.18. The molecule has 0 heterocycles. The van der Waals surface area contributed by atoms with Crippen LogP contribution in [-0.2, 0) is 0 Å². The van der Waals surface area contributed by atoms with Crippen molar-refractivity contribution >= 4 is 5.71 Å². The second-order valence-corrected chi connectivity index (χ2v) is 2.18. The third-order valence-electron chi connectivity index (χ3n) is 1.18. The van der Waals surface area contributed by atoms with Crippen LogP contribution >= 0.6 is 0 Å². The van der Waals surface area contributed by atoms with Gasteiger partial charge in [-0.15, -0.1) is 0 Å². The van der Waals surface area contributed by atoms with Gasteiger partial charge in [-0.1, -0.05) is 12.2 Å². The minimum atomic E-state index is 1.05. The molecule has 10 heavy (non-hydrogen) atoms. The Morgan fingerprint density at radius 3 is 2.20 bits per heavy atom. The van der Waals surface area contributed by atoms with Gasteiger partial charge in [-0.2, -0.15) is 0 Å². The van der Waals surface area contributed by atoms with E-state index in [2.05, 4.69) is 4.99 Å². The highest BCUT2D eigenvalue weighted by Crippen LogP contribution is 1.94. The Bertz CT molecular complexity index is 173. The molecule has 0 bridgehead atoms. The van der Waals surface area contributed by atoms with Gasteiger partial charge in [-0.25, -0.2) is 0 Å². The smallest absolute Gasteiger partial charge is 0.0372 e. The first-order valence-corrected chi connectivity index (χ1v) is 3.51. The maximum atomic E-state index is 4.28. The Hall–Kier alpha value is -0.850. The van der Waals surface area contributed by atoms with Crippen molar-refractivity contribution in [1.29, 1.82) is 0 Å². The maximum absolute atomic E-state index is 4.28. The topological polar surface area (TPSA) is 12.4 Å². The number of aliphatic imine (C=N–C) groups is 1. The van der Waals surface area contributed by atoms with Crippen molar-refractivity contribution in [1.82, 2.24) is 0 Å². The van der Waals surface area contributed by atoms with Crippen LogP contribution in [0, 0.1) is 0 Å². The zero-order valence-corrected chi connectivity index (χ0v) is 7.18. The van der Waals surface area contributed by atoms with Crippen LogP contribution in [0.3, 0.4) is 0 Å². The highest BCUT2D eigenvalue weighted by molar-refractivity contribution is 5.93. The van der Waals surface area contributed by atoms with Crippen molar-refractivity contribution in [3.8, 4) is 0 Å². The van der Waals surface area contributed by atoms with Crippen molar-refractivity contribution < 1.29 is 0 Å². The van der Waals surface area contributed by atoms with Gasteiger partial charge in [-0.05, 0) is 33.8 Å². The predicted molar refractivity (Wildman–Crippen MR) is 47.4 cm³/mol. The van der Waals surface area contributed by atoms with Crippen molar-refractivity contribution in [3.63, 3.8) is 0 Å². The van der Waals surface area contributed by atoms with E-state index in [-0.39, 0.29) is 0 Å². The molecule has 0 saturated heterocycles. The number of allylic oxidation sites excluding steroid dienone is 4. The zero-order chi connectivity index (χ0) is 7.98. The Labute approximate surface area is 63.2 Å². The van der Waals surface area contributed by atoms with Gasteiger partial charge in [-0.3, -0.25) is 4.99 Å². The Morgan fingerprint density at radius 1 is 1.20 bits per heavy atom. The third-order valence-corrected chi connectivity index (χ3v) is 1.18. The van der Waals surface area contributed by atoms with Crippen LogP contribution in [0.2, 0.25) is 0 Å². The predicted octanol–water partition coefficient (Wildman–Crippen LogP) is 2.95. The van der Waals surface area contributed by atoms with E-state index in [9.17, 15) is 0 Å². The van der Waals surface area contributed by atoms with Gasteiger partial charge in [0.15, 0.2) is 0 Å². The van der Waals surface area contributed by atoms with Gasteiger partial charge in [0, 0.05) is 11.4 Å². The first kappa shape index (κ1) is 9.15. The molecule has 0 aromatic heterocycles. The first-order valence-electron chi connectivity index (χ1n) is 3.51. The molecule has 0 atom stereocenters. The van der Waals surface area contributed by atoms with Crippen LogP contribution in [0.4, 0.5) is 0 Å². The Morgan fingerprint density at radius 2 is 1.80 bits per heavy atom. The van der Waals surface area contributed by atoms with Gasteiger partial charge in [0.2, 0.25) is 0 Å². The molecule has 0 saturated carbocycles. The number of rotatable bonds is 2. The summed E-state index contributed by atoms with van der Waals surface area (Å²) in [5.41, 5.74) is 2.12. The summed E-state index contributed by atoms with van der Waals surface area (Å²) in [6.45, 7) is 7.96. The molecule has 0 aliphatic carbocycles. The van der Waals surface area contributed by atoms with E-state index in [1.807, 2.05) is 45.9 Å². The molecule has 0 spiro atoms. The molecule has 0 aromatic rings. The molecule has 0 N–H and O–H groups in total. The quantitative estimate of drug-likeness (QED) is 0.519. The molecular weight excluding hydrogens is 122 g/mol. The molecule has 56 valence electrons. The molecule has 1 heteroatoms. The summed E-state index contributed by atoms with van der Waals surface area (Å²) in [7, 11) is 0. The molecule has 0 aliphatic heterocycles. The Kier molecular flexibility index (Phi) is 4.55. The van der Waals surface area contributed by atoms with Crippen molar-refractivity contribution in [2.24, 2.45) is 4.99 Å². The van der Waals surface area contributed by atoms with Crippen molar-refractivity contribution in [2.75, 3.05) is 0 Å². The van der Waals surface area contributed by atoms with E-state index in [0.29, 0.717) is 0 Å². The third kappa shape index (κ3) is 4.07. The van der Waals surface area contributed by atoms with E-state index in [1.165, 1.54) is 0 Å². The average molecular weight is 137 g/mol. The average Bonchev–Trinajstić information content (AvgIpc) is 1.88. The van der Waals surface area contributed by atoms with E-state index < -0.39 is 0 Å². The molecular formula is C9H15N. The molecule has 0 rings (SSSR count). The lowest BCUT2D eigenvalue weighted by molar-refractivity contribution is 1.28. The minimum absolute atomic E-state index is 1.05. The van der Waals surface area contributed by atoms with E-state index in [4.69, 9.17) is 0 Å². The van der Waals surface area contributed by atoms with Crippen molar-refractivity contribution in [2.45, 2.75) is 27.7 Å². The lowest BCUT2D eigenvalue weighted by atomic mass is 10.3. The summed E-state index contributed by atoms with van der Waals surface area (Å²) in [6, 6.07) is 0. The second kappa shape index (κ2) is 4.98. The molecule has 0 aromatic carbocycles. The van der Waals surface area contributed by atoms with Gasteiger partial charge < -0.3 is 0 Å². The fourth-order valence-electron chi connectivity index (χ4n) is 0.621. The molecule has 0 amide bonds. The van der Waals surface area contributed by atoms with E-state index in [1.54, 1.807) is 0 Å². The Balaban J connectivity index is 4.16. The monoisotopic (exact) mass is 137 g/mol. The normalized spacial score (nSPS) is 14.8. The van der Waals surface area contributed by atoms with Crippen molar-refractivity contribution in [3.05, 3.63) is 23.9 Å². The van der Waals surface area contributed by atoms with Gasteiger partial charge in [0.05, 0.1) is 0 Å². The van der Waals surface area contributed by atoms with Crippen LogP contribution in [-0.4, -0.2) is 5.71 Å². The van der Waals surface area contributed by atoms with Crippen LogP contribution in [0.1, 0.15) is 27.7 Å². The molecule has 0 unspecified atom stereocenters. The highest BCUT2D eigenvalue weighted by atomic mass is 14.7. The summed E-state index contributed by atoms with van der Waals surface area (Å²) < 4.78 is 0. The number of hydrogen-bond acceptors (Lipinski definition) is 1. The largest absolute Gasteiger partial charge is 0.259 e. The number of hydrogen-bond donors (Lipinski definition) is 0. The van der Waals surface area contributed by atoms with Crippen LogP contribution in [0.15, 0.2) is 28.9 Å². The van der Waals surface area contributed by atoms with Gasteiger partial charge in [0.1, 0.15) is 0 Å². The summed E-state index contributed by atoms with van der Waals surface area (Å²) in [6.07, 6.45) is 5.97. The summed E-state index contributed by atoms with van der Waals surface area (Å²) in [5.74, 6) is 0. The standard InChI is InChI=1S/C9H15N/c1-5-7-9(4)10-8(3)6-2/h5-7H,1-4H3/b7-5+,8-6-,10-9+. The summed E-state index contributed by atoms with van der Waals surface area (Å²) in [4.78, 5) is 4.28. The number of nitrogens with zero attached hydrogens (tertiary/aromatic N) is 1. The van der Waals surface area contributed by atoms with Crippen LogP contribution in [0.5, 0.6) is 0 Å². The highest BCUT2D eigenvalue weighted by Gasteiger charge is 1.82. The fourth-order valence-corrected chi connectivity index (χ4v) is 0.621. The molecule has 0 fully saturated rings. The van der Waals surface area contributed by atoms with Crippen LogP contribution in [0.25, 0.3) is 0 Å². The van der Waals surface area contributed by atoms with Gasteiger partial charge >= 0.3 is 0 Å². The lowest BCUT2D eigenvalue weighted by Crippen LogP contribution is -1.83. The first-order chi connectivity index (χ1) is 4.70.